The summed E-state index contributed by atoms with van der Waals surface area (Å²) in [5, 5.41) is 14.9. The molecule has 0 spiro atoms. The lowest BCUT2D eigenvalue weighted by molar-refractivity contribution is 0.0950. The van der Waals surface area contributed by atoms with Crippen LogP contribution in [-0.4, -0.2) is 40.2 Å². The number of hydrogen-bond acceptors (Lipinski definition) is 5. The van der Waals surface area contributed by atoms with Gasteiger partial charge in [-0.25, -0.2) is 0 Å². The lowest BCUT2D eigenvalue weighted by atomic mass is 9.95. The van der Waals surface area contributed by atoms with Crippen LogP contribution in [0, 0.1) is 0 Å². The number of carbonyl (C=O) groups is 1. The molecular weight excluding hydrogens is 272 g/mol. The molecule has 2 unspecified atom stereocenters. The number of nitrogens with one attached hydrogen (secondary N) is 2. The van der Waals surface area contributed by atoms with Crippen molar-refractivity contribution in [3.8, 4) is 0 Å². The van der Waals surface area contributed by atoms with E-state index in [0.29, 0.717) is 18.3 Å². The van der Waals surface area contributed by atoms with Crippen molar-refractivity contribution in [2.45, 2.75) is 43.9 Å². The average molecular weight is 294 g/mol. The highest BCUT2D eigenvalue weighted by atomic mass is 32.2. The van der Waals surface area contributed by atoms with Crippen LogP contribution < -0.4 is 10.6 Å². The Labute approximate surface area is 124 Å². The van der Waals surface area contributed by atoms with Crippen LogP contribution in [0.15, 0.2) is 12.1 Å². The first-order chi connectivity index (χ1) is 9.72. The van der Waals surface area contributed by atoms with E-state index in [0.717, 1.165) is 11.1 Å². The first kappa shape index (κ1) is 15.1. The van der Waals surface area contributed by atoms with E-state index in [4.69, 9.17) is 0 Å². The minimum Gasteiger partial charge on any atom is -0.366 e. The Hall–Kier alpha value is -1.30. The summed E-state index contributed by atoms with van der Waals surface area (Å²) in [4.78, 5) is 11.6. The van der Waals surface area contributed by atoms with Crippen LogP contribution in [0.1, 0.15) is 43.1 Å². The van der Waals surface area contributed by atoms with Crippen LogP contribution in [0.25, 0.3) is 0 Å². The summed E-state index contributed by atoms with van der Waals surface area (Å²) < 4.78 is 0. The van der Waals surface area contributed by atoms with Gasteiger partial charge in [-0.15, -0.1) is 10.2 Å². The van der Waals surface area contributed by atoms with E-state index in [1.165, 1.54) is 25.7 Å². The van der Waals surface area contributed by atoms with Crippen LogP contribution in [-0.2, 0) is 0 Å². The van der Waals surface area contributed by atoms with Gasteiger partial charge in [-0.1, -0.05) is 6.42 Å². The highest BCUT2D eigenvalue weighted by Gasteiger charge is 2.21. The smallest absolute Gasteiger partial charge is 0.271 e. The zero-order chi connectivity index (χ0) is 14.4. The second-order valence-electron chi connectivity index (χ2n) is 5.03. The monoisotopic (exact) mass is 294 g/mol. The fourth-order valence-electron chi connectivity index (χ4n) is 2.48. The van der Waals surface area contributed by atoms with Gasteiger partial charge in [0.05, 0.1) is 0 Å². The lowest BCUT2D eigenvalue weighted by Crippen LogP contribution is -2.29. The maximum absolute atomic E-state index is 11.6. The highest BCUT2D eigenvalue weighted by Crippen LogP contribution is 2.28. The summed E-state index contributed by atoms with van der Waals surface area (Å²) in [6.07, 6.45) is 7.08. The molecule has 2 atom stereocenters. The molecule has 0 radical (unpaired) electrons. The number of thioether (sulfide) groups is 1. The normalized spacial score (nSPS) is 22.3. The van der Waals surface area contributed by atoms with E-state index >= 15 is 0 Å². The van der Waals surface area contributed by atoms with Crippen LogP contribution in [0.3, 0.4) is 0 Å². The van der Waals surface area contributed by atoms with E-state index in [9.17, 15) is 4.79 Å². The van der Waals surface area contributed by atoms with Crippen LogP contribution in [0.4, 0.5) is 5.82 Å². The number of hydrogen-bond donors (Lipinski definition) is 2. The lowest BCUT2D eigenvalue weighted by Gasteiger charge is -2.28. The van der Waals surface area contributed by atoms with Crippen molar-refractivity contribution >= 4 is 23.5 Å². The SMILES string of the molecule is CCNC(=O)c1ccc(NC2CCCC(SC)C2)nn1. The Morgan fingerprint density at radius 3 is 2.90 bits per heavy atom. The third kappa shape index (κ3) is 4.10. The summed E-state index contributed by atoms with van der Waals surface area (Å²) >= 11 is 1.94. The Morgan fingerprint density at radius 2 is 2.25 bits per heavy atom. The van der Waals surface area contributed by atoms with Gasteiger partial charge in [0.2, 0.25) is 0 Å². The van der Waals surface area contributed by atoms with Crippen LogP contribution >= 0.6 is 11.8 Å². The molecule has 1 fully saturated rings. The van der Waals surface area contributed by atoms with E-state index in [1.807, 2.05) is 24.8 Å². The predicted molar refractivity (Wildman–Crippen MR) is 83.2 cm³/mol. The van der Waals surface area contributed by atoms with E-state index in [2.05, 4.69) is 27.1 Å². The van der Waals surface area contributed by atoms with Crippen molar-refractivity contribution in [3.05, 3.63) is 17.8 Å². The molecule has 1 aliphatic rings. The maximum atomic E-state index is 11.6. The molecule has 1 aromatic rings. The van der Waals surface area contributed by atoms with Gasteiger partial charge in [0, 0.05) is 17.8 Å². The summed E-state index contributed by atoms with van der Waals surface area (Å²) in [5.74, 6) is 0.580. The van der Waals surface area contributed by atoms with Gasteiger partial charge >= 0.3 is 0 Å². The number of aromatic nitrogens is 2. The second-order valence-corrected chi connectivity index (χ2v) is 6.17. The van der Waals surface area contributed by atoms with Crippen LogP contribution in [0.5, 0.6) is 0 Å². The summed E-state index contributed by atoms with van der Waals surface area (Å²) in [6, 6.07) is 4.01. The molecule has 110 valence electrons. The van der Waals surface area contributed by atoms with E-state index < -0.39 is 0 Å². The van der Waals surface area contributed by atoms with Crippen molar-refractivity contribution in [1.82, 2.24) is 15.5 Å². The molecule has 1 amide bonds. The second kappa shape index (κ2) is 7.47. The topological polar surface area (TPSA) is 66.9 Å². The zero-order valence-electron chi connectivity index (χ0n) is 12.1. The molecule has 6 heteroatoms. The number of rotatable bonds is 5. The summed E-state index contributed by atoms with van der Waals surface area (Å²) in [6.45, 7) is 2.48. The molecule has 5 nitrogen and oxygen atoms in total. The first-order valence-corrected chi connectivity index (χ1v) is 8.43. The number of nitrogens with zero attached hydrogens (tertiary/aromatic N) is 2. The molecule has 2 rings (SSSR count). The van der Waals surface area contributed by atoms with Crippen molar-refractivity contribution in [2.24, 2.45) is 0 Å². The van der Waals surface area contributed by atoms with Gasteiger partial charge < -0.3 is 10.6 Å². The van der Waals surface area contributed by atoms with Gasteiger partial charge in [-0.05, 0) is 44.6 Å². The average Bonchev–Trinajstić information content (AvgIpc) is 2.48. The molecule has 20 heavy (non-hydrogen) atoms. The minimum absolute atomic E-state index is 0.174. The fourth-order valence-corrected chi connectivity index (χ4v) is 3.31. The zero-order valence-corrected chi connectivity index (χ0v) is 12.9. The minimum atomic E-state index is -0.174. The fraction of sp³-hybridized carbons (Fsp3) is 0.643. The number of carbonyl (C=O) groups excluding carboxylic acids is 1. The van der Waals surface area contributed by atoms with Gasteiger partial charge in [0.1, 0.15) is 5.82 Å². The maximum Gasteiger partial charge on any atom is 0.271 e. The standard InChI is InChI=1S/C14H22N4OS/c1-3-15-14(19)12-7-8-13(18-17-12)16-10-5-4-6-11(9-10)20-2/h7-8,10-11H,3-6,9H2,1-2H3,(H,15,19)(H,16,18). The number of amides is 1. The van der Waals surface area contributed by atoms with E-state index in [-0.39, 0.29) is 5.91 Å². The van der Waals surface area contributed by atoms with E-state index in [1.54, 1.807) is 6.07 Å². The van der Waals surface area contributed by atoms with Crippen molar-refractivity contribution in [2.75, 3.05) is 18.1 Å². The molecule has 1 saturated carbocycles. The molecule has 2 N–H and O–H groups in total. The third-order valence-corrected chi connectivity index (χ3v) is 4.64. The molecular formula is C14H22N4OS. The van der Waals surface area contributed by atoms with Crippen molar-refractivity contribution in [1.29, 1.82) is 0 Å². The molecule has 0 aliphatic heterocycles. The van der Waals surface area contributed by atoms with Crippen molar-refractivity contribution in [3.63, 3.8) is 0 Å². The molecule has 0 aromatic carbocycles. The predicted octanol–water partition coefficient (Wildman–Crippen LogP) is 2.31. The summed E-state index contributed by atoms with van der Waals surface area (Å²) in [5.41, 5.74) is 0.364. The molecule has 0 bridgehead atoms. The Morgan fingerprint density at radius 1 is 1.40 bits per heavy atom. The van der Waals surface area contributed by atoms with Crippen LogP contribution in [0.2, 0.25) is 0 Å². The molecule has 1 aromatic heterocycles. The quantitative estimate of drug-likeness (QED) is 0.872. The number of anilines is 1. The van der Waals surface area contributed by atoms with Gasteiger partial charge in [0.25, 0.3) is 5.91 Å². The Balaban J connectivity index is 1.91. The largest absolute Gasteiger partial charge is 0.366 e. The van der Waals surface area contributed by atoms with Gasteiger partial charge in [-0.3, -0.25) is 4.79 Å². The van der Waals surface area contributed by atoms with Crippen molar-refractivity contribution < 1.29 is 4.79 Å². The van der Waals surface area contributed by atoms with Gasteiger partial charge in [0.15, 0.2) is 5.69 Å². The molecule has 1 heterocycles. The third-order valence-electron chi connectivity index (χ3n) is 3.55. The Bertz CT molecular complexity index is 437. The first-order valence-electron chi connectivity index (χ1n) is 7.14. The molecule has 0 saturated heterocycles. The highest BCUT2D eigenvalue weighted by molar-refractivity contribution is 7.99. The molecule has 1 aliphatic carbocycles. The summed E-state index contributed by atoms with van der Waals surface area (Å²) in [7, 11) is 0. The Kier molecular flexibility index (Phi) is 5.64. The van der Waals surface area contributed by atoms with Gasteiger partial charge in [-0.2, -0.15) is 11.8 Å².